The van der Waals surface area contributed by atoms with Gasteiger partial charge >= 0.3 is 6.09 Å². The van der Waals surface area contributed by atoms with Gasteiger partial charge in [0.15, 0.2) is 0 Å². The van der Waals surface area contributed by atoms with E-state index in [4.69, 9.17) is 4.74 Å². The molecule has 10 heteroatoms. The molecule has 0 spiro atoms. The van der Waals surface area contributed by atoms with Crippen molar-refractivity contribution in [1.82, 2.24) is 25.6 Å². The van der Waals surface area contributed by atoms with E-state index in [1.807, 2.05) is 45.0 Å². The standard InChI is InChI=1S/C26H34N8O2/c1-5-24(32-22-11-6-7-12-23(22)33-25(35)36-26(2,3)4)29-18-19(16-27)17-28-20-9-8-10-21(15-20)34-30-13-14-31-34/h5,8-10,13-15,18,22-23,28H,1,6-7,11-12,17H2,2-4H3,(H,29,32)(H,33,35)/b19-18-/t22-,23+/m1/s1. The highest BCUT2D eigenvalue weighted by atomic mass is 16.6. The van der Waals surface area contributed by atoms with Crippen molar-refractivity contribution >= 4 is 17.6 Å². The molecule has 1 aliphatic rings. The van der Waals surface area contributed by atoms with Crippen LogP contribution in [-0.4, -0.2) is 51.2 Å². The number of anilines is 1. The third-order valence-electron chi connectivity index (χ3n) is 5.48. The first-order valence-corrected chi connectivity index (χ1v) is 12.0. The Morgan fingerprint density at radius 1 is 1.25 bits per heavy atom. The largest absolute Gasteiger partial charge is 0.444 e. The second-order valence-corrected chi connectivity index (χ2v) is 9.50. The summed E-state index contributed by atoms with van der Waals surface area (Å²) in [5.74, 6) is 0.539. The molecule has 36 heavy (non-hydrogen) atoms. The molecule has 10 nitrogen and oxygen atoms in total. The van der Waals surface area contributed by atoms with Crippen molar-refractivity contribution in [3.63, 3.8) is 0 Å². The number of nitrogens with zero attached hydrogens (tertiary/aromatic N) is 5. The molecule has 0 bridgehead atoms. The zero-order valence-electron chi connectivity index (χ0n) is 21.1. The number of hydrogen-bond acceptors (Lipinski definition) is 7. The average Bonchev–Trinajstić information content (AvgIpc) is 3.38. The van der Waals surface area contributed by atoms with Crippen molar-refractivity contribution in [3.8, 4) is 11.8 Å². The fourth-order valence-corrected chi connectivity index (χ4v) is 3.82. The molecule has 0 unspecified atom stereocenters. The third kappa shape index (κ3) is 8.27. The van der Waals surface area contributed by atoms with E-state index in [1.54, 1.807) is 18.5 Å². The van der Waals surface area contributed by atoms with Gasteiger partial charge in [-0.3, -0.25) is 0 Å². The number of hydrogen-bond donors (Lipinski definition) is 3. The van der Waals surface area contributed by atoms with E-state index in [0.717, 1.165) is 37.1 Å². The van der Waals surface area contributed by atoms with Gasteiger partial charge in [0.2, 0.25) is 0 Å². The van der Waals surface area contributed by atoms with Crippen molar-refractivity contribution < 1.29 is 9.53 Å². The van der Waals surface area contributed by atoms with Crippen molar-refractivity contribution in [1.29, 1.82) is 5.26 Å². The minimum absolute atomic E-state index is 0.0151. The molecule has 1 aliphatic carbocycles. The first-order chi connectivity index (χ1) is 17.3. The van der Waals surface area contributed by atoms with E-state index < -0.39 is 11.7 Å². The number of rotatable bonds is 8. The maximum absolute atomic E-state index is 12.3. The smallest absolute Gasteiger partial charge is 0.407 e. The number of benzene rings is 1. The molecular weight excluding hydrogens is 456 g/mol. The predicted molar refractivity (Wildman–Crippen MR) is 140 cm³/mol. The van der Waals surface area contributed by atoms with Crippen LogP contribution >= 0.6 is 0 Å². The highest BCUT2D eigenvalue weighted by Gasteiger charge is 2.28. The Labute approximate surface area is 212 Å². The Bertz CT molecular complexity index is 1130. The number of nitriles is 1. The predicted octanol–water partition coefficient (Wildman–Crippen LogP) is 4.10. The summed E-state index contributed by atoms with van der Waals surface area (Å²) in [6.07, 6.45) is 9.73. The lowest BCUT2D eigenvalue weighted by Gasteiger charge is -2.33. The Morgan fingerprint density at radius 3 is 2.58 bits per heavy atom. The molecule has 1 saturated carbocycles. The number of aliphatic imine (C=N–C) groups is 1. The van der Waals surface area contributed by atoms with Gasteiger partial charge in [-0.25, -0.2) is 9.79 Å². The van der Waals surface area contributed by atoms with Gasteiger partial charge in [-0.05, 0) is 57.9 Å². The second-order valence-electron chi connectivity index (χ2n) is 9.50. The molecule has 1 amide bonds. The van der Waals surface area contributed by atoms with Crippen LogP contribution in [0.2, 0.25) is 0 Å². The fourth-order valence-electron chi connectivity index (χ4n) is 3.82. The zero-order chi connectivity index (χ0) is 26.0. The van der Waals surface area contributed by atoms with Gasteiger partial charge in [-0.15, -0.1) is 0 Å². The van der Waals surface area contributed by atoms with Crippen LogP contribution < -0.4 is 16.0 Å². The maximum atomic E-state index is 12.3. The Kier molecular flexibility index (Phi) is 9.22. The second kappa shape index (κ2) is 12.5. The first kappa shape index (κ1) is 26.5. The minimum Gasteiger partial charge on any atom is -0.444 e. The number of amidine groups is 1. The van der Waals surface area contributed by atoms with E-state index in [9.17, 15) is 10.1 Å². The van der Waals surface area contributed by atoms with Crippen molar-refractivity contribution in [2.45, 2.75) is 64.1 Å². The summed E-state index contributed by atoms with van der Waals surface area (Å²) in [5.41, 5.74) is 1.53. The third-order valence-corrected chi connectivity index (χ3v) is 5.48. The van der Waals surface area contributed by atoms with Gasteiger partial charge in [0.05, 0.1) is 42.3 Å². The molecule has 190 valence electrons. The molecule has 1 aromatic carbocycles. The maximum Gasteiger partial charge on any atom is 0.407 e. The molecule has 3 N–H and O–H groups in total. The average molecular weight is 491 g/mol. The van der Waals surface area contributed by atoms with Crippen molar-refractivity contribution in [2.24, 2.45) is 4.99 Å². The molecule has 1 fully saturated rings. The number of amides is 1. The minimum atomic E-state index is -0.556. The van der Waals surface area contributed by atoms with E-state index in [-0.39, 0.29) is 12.1 Å². The van der Waals surface area contributed by atoms with E-state index in [1.165, 1.54) is 11.0 Å². The van der Waals surface area contributed by atoms with Gasteiger partial charge < -0.3 is 20.7 Å². The van der Waals surface area contributed by atoms with Crippen LogP contribution in [0.1, 0.15) is 46.5 Å². The van der Waals surface area contributed by atoms with Gasteiger partial charge in [0.25, 0.3) is 0 Å². The lowest BCUT2D eigenvalue weighted by Crippen LogP contribution is -2.53. The van der Waals surface area contributed by atoms with E-state index in [2.05, 4.69) is 43.8 Å². The van der Waals surface area contributed by atoms with Crippen LogP contribution in [0.3, 0.4) is 0 Å². The summed E-state index contributed by atoms with van der Waals surface area (Å²) in [6.45, 7) is 9.66. The summed E-state index contributed by atoms with van der Waals surface area (Å²) < 4.78 is 5.42. The first-order valence-electron chi connectivity index (χ1n) is 12.0. The monoisotopic (exact) mass is 490 g/mol. The summed E-state index contributed by atoms with van der Waals surface area (Å²) in [7, 11) is 0. The lowest BCUT2D eigenvalue weighted by molar-refractivity contribution is 0.0482. The molecule has 2 aromatic rings. The van der Waals surface area contributed by atoms with Crippen molar-refractivity contribution in [2.75, 3.05) is 11.9 Å². The summed E-state index contributed by atoms with van der Waals surface area (Å²) in [6, 6.07) is 9.67. The topological polar surface area (TPSA) is 129 Å². The van der Waals surface area contributed by atoms with Crippen LogP contribution in [-0.2, 0) is 4.74 Å². The number of alkyl carbamates (subject to hydrolysis) is 1. The van der Waals surface area contributed by atoms with Crippen LogP contribution in [0.15, 0.2) is 66.1 Å². The highest BCUT2D eigenvalue weighted by molar-refractivity contribution is 5.93. The highest BCUT2D eigenvalue weighted by Crippen LogP contribution is 2.20. The Balaban J connectivity index is 1.61. The normalized spacial score (nSPS) is 18.6. The summed E-state index contributed by atoms with van der Waals surface area (Å²) in [5, 5.41) is 27.4. The quantitative estimate of drug-likeness (QED) is 0.289. The number of carbonyl (C=O) groups is 1. The molecule has 3 rings (SSSR count). The number of ether oxygens (including phenoxy) is 1. The molecule has 1 heterocycles. The van der Waals surface area contributed by atoms with Gasteiger partial charge in [-0.2, -0.15) is 20.3 Å². The SMILES string of the molecule is C=C/C(=N\C=C(\C#N)CNc1cccc(-n2nccn2)c1)N[C@@H]1CCCC[C@@H]1NC(=O)OC(C)(C)C. The summed E-state index contributed by atoms with van der Waals surface area (Å²) in [4.78, 5) is 18.3. The van der Waals surface area contributed by atoms with Crippen LogP contribution in [0, 0.1) is 11.3 Å². The zero-order valence-corrected chi connectivity index (χ0v) is 21.1. The molecule has 0 saturated heterocycles. The Hall–Kier alpha value is -4.13. The fraction of sp³-hybridized carbons (Fsp3) is 0.423. The number of aromatic nitrogens is 3. The van der Waals surface area contributed by atoms with Gasteiger partial charge in [0.1, 0.15) is 11.4 Å². The molecule has 2 atom stereocenters. The van der Waals surface area contributed by atoms with Gasteiger partial charge in [-0.1, -0.05) is 25.5 Å². The molecule has 1 aromatic heterocycles. The van der Waals surface area contributed by atoms with E-state index in [0.29, 0.717) is 18.0 Å². The Morgan fingerprint density at radius 2 is 1.94 bits per heavy atom. The van der Waals surface area contributed by atoms with Crippen LogP contribution in [0.5, 0.6) is 0 Å². The van der Waals surface area contributed by atoms with E-state index >= 15 is 0 Å². The molecular formula is C26H34N8O2. The van der Waals surface area contributed by atoms with Gasteiger partial charge in [0, 0.05) is 17.9 Å². The number of nitrogens with one attached hydrogen (secondary N) is 3. The van der Waals surface area contributed by atoms with Crippen molar-refractivity contribution in [3.05, 3.63) is 61.1 Å². The molecule has 0 radical (unpaired) electrons. The number of carbonyl (C=O) groups excluding carboxylic acids is 1. The molecule has 0 aliphatic heterocycles. The lowest BCUT2D eigenvalue weighted by atomic mass is 9.90. The van der Waals surface area contributed by atoms with Crippen LogP contribution in [0.4, 0.5) is 10.5 Å². The summed E-state index contributed by atoms with van der Waals surface area (Å²) >= 11 is 0. The van der Waals surface area contributed by atoms with Crippen LogP contribution in [0.25, 0.3) is 5.69 Å².